The Balaban J connectivity index is 0.00000225. The molecule has 0 amide bonds. The topological polar surface area (TPSA) is 42.9 Å². The number of amidine groups is 1. The minimum atomic E-state index is -0.236. The van der Waals surface area contributed by atoms with Crippen molar-refractivity contribution in [1.82, 2.24) is 5.32 Å². The SMILES string of the molecule is C.COCCOc1cc2ccc(-c3cccc(F)c3)cc2cc1C1=NCCN1. The number of ether oxygens (including phenoxy) is 2. The molecule has 1 aliphatic heterocycles. The molecule has 0 radical (unpaired) electrons. The van der Waals surface area contributed by atoms with Crippen molar-refractivity contribution in [2.45, 2.75) is 7.43 Å². The molecule has 0 bridgehead atoms. The van der Waals surface area contributed by atoms with Gasteiger partial charge in [0.15, 0.2) is 0 Å². The maximum absolute atomic E-state index is 13.6. The van der Waals surface area contributed by atoms with Crippen molar-refractivity contribution in [2.75, 3.05) is 33.4 Å². The maximum Gasteiger partial charge on any atom is 0.132 e. The Bertz CT molecular complexity index is 1000. The van der Waals surface area contributed by atoms with Gasteiger partial charge >= 0.3 is 0 Å². The highest BCUT2D eigenvalue weighted by Crippen LogP contribution is 2.31. The molecule has 0 fully saturated rings. The number of nitrogens with zero attached hydrogens (tertiary/aromatic N) is 1. The summed E-state index contributed by atoms with van der Waals surface area (Å²) in [5.74, 6) is 1.39. The van der Waals surface area contributed by atoms with Crippen LogP contribution >= 0.6 is 0 Å². The molecule has 28 heavy (non-hydrogen) atoms. The standard InChI is InChI=1S/C22H21FN2O2.CH4/c1-26-9-10-27-21-14-17-6-5-16(15-3-2-4-19(23)12-15)11-18(17)13-20(21)22-24-7-8-25-22;/h2-6,11-14H,7-10H2,1H3,(H,24,25);1H4. The number of hydrogen-bond acceptors (Lipinski definition) is 4. The Hall–Kier alpha value is -2.92. The van der Waals surface area contributed by atoms with Crippen molar-refractivity contribution in [1.29, 1.82) is 0 Å². The molecular weight excluding hydrogens is 355 g/mol. The number of rotatable bonds is 6. The van der Waals surface area contributed by atoms with Crippen LogP contribution in [0.2, 0.25) is 0 Å². The van der Waals surface area contributed by atoms with Gasteiger partial charge in [-0.2, -0.15) is 0 Å². The van der Waals surface area contributed by atoms with E-state index in [-0.39, 0.29) is 13.2 Å². The first-order chi connectivity index (χ1) is 13.2. The van der Waals surface area contributed by atoms with Crippen LogP contribution in [0.3, 0.4) is 0 Å². The molecule has 0 spiro atoms. The lowest BCUT2D eigenvalue weighted by Gasteiger charge is -2.14. The van der Waals surface area contributed by atoms with E-state index in [1.807, 2.05) is 24.3 Å². The van der Waals surface area contributed by atoms with E-state index in [4.69, 9.17) is 9.47 Å². The lowest BCUT2D eigenvalue weighted by atomic mass is 9.99. The summed E-state index contributed by atoms with van der Waals surface area (Å²) in [6.07, 6.45) is 0. The second-order valence-corrected chi connectivity index (χ2v) is 6.42. The molecule has 0 aliphatic carbocycles. The van der Waals surface area contributed by atoms with E-state index in [1.165, 1.54) is 6.07 Å². The summed E-state index contributed by atoms with van der Waals surface area (Å²) in [4.78, 5) is 4.54. The predicted octanol–water partition coefficient (Wildman–Crippen LogP) is 4.66. The molecule has 4 rings (SSSR count). The van der Waals surface area contributed by atoms with Gasteiger partial charge in [-0.25, -0.2) is 4.39 Å². The summed E-state index contributed by atoms with van der Waals surface area (Å²) in [6, 6.07) is 16.9. The minimum absolute atomic E-state index is 0. The van der Waals surface area contributed by atoms with Gasteiger partial charge in [0.2, 0.25) is 0 Å². The number of halogens is 1. The Labute approximate surface area is 165 Å². The lowest BCUT2D eigenvalue weighted by molar-refractivity contribution is 0.146. The van der Waals surface area contributed by atoms with E-state index in [1.54, 1.807) is 19.2 Å². The summed E-state index contributed by atoms with van der Waals surface area (Å²) < 4.78 is 24.6. The fraction of sp³-hybridized carbons (Fsp3) is 0.261. The third kappa shape index (κ3) is 4.15. The Morgan fingerprint density at radius 3 is 2.61 bits per heavy atom. The van der Waals surface area contributed by atoms with Crippen LogP contribution in [0.1, 0.15) is 13.0 Å². The molecule has 3 aromatic carbocycles. The molecule has 1 N–H and O–H groups in total. The first-order valence-electron chi connectivity index (χ1n) is 8.99. The van der Waals surface area contributed by atoms with Crippen LogP contribution < -0.4 is 10.1 Å². The van der Waals surface area contributed by atoms with E-state index in [9.17, 15) is 4.39 Å². The van der Waals surface area contributed by atoms with E-state index < -0.39 is 0 Å². The molecule has 0 saturated carbocycles. The summed E-state index contributed by atoms with van der Waals surface area (Å²) in [5.41, 5.74) is 2.77. The van der Waals surface area contributed by atoms with Crippen LogP contribution in [-0.4, -0.2) is 39.2 Å². The lowest BCUT2D eigenvalue weighted by Crippen LogP contribution is -2.20. The molecule has 0 aromatic heterocycles. The third-order valence-electron chi connectivity index (χ3n) is 4.57. The smallest absolute Gasteiger partial charge is 0.132 e. The molecule has 5 heteroatoms. The molecule has 1 heterocycles. The number of hydrogen-bond donors (Lipinski definition) is 1. The van der Waals surface area contributed by atoms with Crippen LogP contribution in [0.4, 0.5) is 4.39 Å². The van der Waals surface area contributed by atoms with Crippen molar-refractivity contribution in [3.05, 3.63) is 66.0 Å². The summed E-state index contributed by atoms with van der Waals surface area (Å²) in [6.45, 7) is 2.59. The van der Waals surface area contributed by atoms with Crippen LogP contribution in [0.25, 0.3) is 21.9 Å². The highest BCUT2D eigenvalue weighted by molar-refractivity contribution is 6.06. The van der Waals surface area contributed by atoms with Gasteiger partial charge < -0.3 is 14.8 Å². The first kappa shape index (κ1) is 19.8. The van der Waals surface area contributed by atoms with Crippen molar-refractivity contribution in [2.24, 2.45) is 4.99 Å². The number of aliphatic imine (C=N–C) groups is 1. The van der Waals surface area contributed by atoms with Gasteiger partial charge in [0.1, 0.15) is 24.0 Å². The van der Waals surface area contributed by atoms with Crippen molar-refractivity contribution >= 4 is 16.6 Å². The Morgan fingerprint density at radius 1 is 1.00 bits per heavy atom. The van der Waals surface area contributed by atoms with Crippen LogP contribution in [0, 0.1) is 5.82 Å². The van der Waals surface area contributed by atoms with Crippen LogP contribution in [0.5, 0.6) is 5.75 Å². The van der Waals surface area contributed by atoms with E-state index in [0.29, 0.717) is 13.2 Å². The second-order valence-electron chi connectivity index (χ2n) is 6.42. The van der Waals surface area contributed by atoms with Gasteiger partial charge in [-0.3, -0.25) is 4.99 Å². The molecule has 146 valence electrons. The predicted molar refractivity (Wildman–Crippen MR) is 113 cm³/mol. The normalized spacial score (nSPS) is 13.0. The van der Waals surface area contributed by atoms with Gasteiger partial charge in [0.05, 0.1) is 18.7 Å². The molecular formula is C23H25FN2O2. The van der Waals surface area contributed by atoms with Gasteiger partial charge in [0, 0.05) is 13.7 Å². The first-order valence-corrected chi connectivity index (χ1v) is 8.99. The average Bonchev–Trinajstić information content (AvgIpc) is 3.22. The van der Waals surface area contributed by atoms with Crippen molar-refractivity contribution in [3.8, 4) is 16.9 Å². The summed E-state index contributed by atoms with van der Waals surface area (Å²) >= 11 is 0. The zero-order valence-electron chi connectivity index (χ0n) is 15.2. The second kappa shape index (κ2) is 8.85. The van der Waals surface area contributed by atoms with Crippen LogP contribution in [-0.2, 0) is 4.74 Å². The fourth-order valence-corrected chi connectivity index (χ4v) is 3.24. The number of nitrogens with one attached hydrogen (secondary N) is 1. The monoisotopic (exact) mass is 380 g/mol. The molecule has 0 atom stereocenters. The van der Waals surface area contributed by atoms with Gasteiger partial charge in [-0.05, 0) is 52.2 Å². The van der Waals surface area contributed by atoms with Gasteiger partial charge in [-0.1, -0.05) is 31.7 Å². The Morgan fingerprint density at radius 2 is 1.86 bits per heavy atom. The molecule has 0 saturated heterocycles. The highest BCUT2D eigenvalue weighted by Gasteiger charge is 2.15. The number of benzene rings is 3. The Kier molecular flexibility index (Phi) is 6.26. The minimum Gasteiger partial charge on any atom is -0.490 e. The zero-order chi connectivity index (χ0) is 18.6. The summed E-state index contributed by atoms with van der Waals surface area (Å²) in [7, 11) is 1.65. The number of fused-ring (bicyclic) bond motifs is 1. The quantitative estimate of drug-likeness (QED) is 0.633. The van der Waals surface area contributed by atoms with E-state index >= 15 is 0 Å². The zero-order valence-corrected chi connectivity index (χ0v) is 15.2. The van der Waals surface area contributed by atoms with Gasteiger partial charge in [-0.15, -0.1) is 0 Å². The van der Waals surface area contributed by atoms with Crippen LogP contribution in [0.15, 0.2) is 59.6 Å². The summed E-state index contributed by atoms with van der Waals surface area (Å²) in [5, 5.41) is 5.43. The van der Waals surface area contributed by atoms with E-state index in [2.05, 4.69) is 22.4 Å². The maximum atomic E-state index is 13.6. The average molecular weight is 380 g/mol. The van der Waals surface area contributed by atoms with Gasteiger partial charge in [0.25, 0.3) is 0 Å². The van der Waals surface area contributed by atoms with Crippen molar-refractivity contribution in [3.63, 3.8) is 0 Å². The highest BCUT2D eigenvalue weighted by atomic mass is 19.1. The molecule has 3 aromatic rings. The molecule has 0 unspecified atom stereocenters. The molecule has 4 nitrogen and oxygen atoms in total. The third-order valence-corrected chi connectivity index (χ3v) is 4.57. The van der Waals surface area contributed by atoms with Crippen molar-refractivity contribution < 1.29 is 13.9 Å². The largest absolute Gasteiger partial charge is 0.490 e. The molecule has 1 aliphatic rings. The fourth-order valence-electron chi connectivity index (χ4n) is 3.24. The number of methoxy groups -OCH3 is 1. The van der Waals surface area contributed by atoms with E-state index in [0.717, 1.165) is 52.1 Å².